The van der Waals surface area contributed by atoms with Crippen molar-refractivity contribution in [2.24, 2.45) is 0 Å². The molecule has 0 unspecified atom stereocenters. The average Bonchev–Trinajstić information content (AvgIpc) is 2.95. The van der Waals surface area contributed by atoms with Gasteiger partial charge in [-0.3, -0.25) is 4.79 Å². The predicted molar refractivity (Wildman–Crippen MR) is 85.9 cm³/mol. The van der Waals surface area contributed by atoms with Crippen molar-refractivity contribution < 1.29 is 18.3 Å². The summed E-state index contributed by atoms with van der Waals surface area (Å²) in [6, 6.07) is 11.3. The van der Waals surface area contributed by atoms with Crippen molar-refractivity contribution in [1.82, 2.24) is 4.98 Å². The maximum atomic E-state index is 12.9. The molecule has 0 fully saturated rings. The van der Waals surface area contributed by atoms with Gasteiger partial charge in [0.25, 0.3) is 5.22 Å². The smallest absolute Gasteiger partial charge is 0.316 e. The Labute approximate surface area is 140 Å². The van der Waals surface area contributed by atoms with Crippen molar-refractivity contribution in [3.63, 3.8) is 0 Å². The quantitative estimate of drug-likeness (QED) is 0.502. The van der Waals surface area contributed by atoms with Crippen LogP contribution in [0.25, 0.3) is 11.1 Å². The van der Waals surface area contributed by atoms with Crippen LogP contribution in [0.1, 0.15) is 5.56 Å². The molecule has 4 nitrogen and oxygen atoms in total. The number of carbonyl (C=O) groups is 1. The first-order valence-electron chi connectivity index (χ1n) is 6.70. The van der Waals surface area contributed by atoms with Gasteiger partial charge in [0.2, 0.25) is 0 Å². The molecule has 1 aromatic heterocycles. The largest absolute Gasteiger partial charge is 0.460 e. The molecule has 7 heteroatoms. The van der Waals surface area contributed by atoms with Crippen LogP contribution in [-0.2, 0) is 16.1 Å². The summed E-state index contributed by atoms with van der Waals surface area (Å²) in [4.78, 5) is 16.0. The van der Waals surface area contributed by atoms with Crippen molar-refractivity contribution in [3.8, 4) is 0 Å². The fourth-order valence-corrected chi connectivity index (χ4v) is 2.73. The van der Waals surface area contributed by atoms with E-state index in [0.29, 0.717) is 16.4 Å². The number of hydrogen-bond donors (Lipinski definition) is 0. The van der Waals surface area contributed by atoms with Gasteiger partial charge in [0.05, 0.1) is 5.02 Å². The lowest BCUT2D eigenvalue weighted by molar-refractivity contribution is -0.141. The molecule has 0 aliphatic carbocycles. The van der Waals surface area contributed by atoms with E-state index in [2.05, 4.69) is 4.98 Å². The summed E-state index contributed by atoms with van der Waals surface area (Å²) < 4.78 is 23.5. The highest BCUT2D eigenvalue weighted by molar-refractivity contribution is 7.99. The average molecular weight is 352 g/mol. The van der Waals surface area contributed by atoms with Crippen LogP contribution >= 0.6 is 23.4 Å². The van der Waals surface area contributed by atoms with Crippen LogP contribution < -0.4 is 0 Å². The van der Waals surface area contributed by atoms with Crippen molar-refractivity contribution in [2.75, 3.05) is 5.75 Å². The Balaban J connectivity index is 1.53. The molecule has 0 bridgehead atoms. The number of rotatable bonds is 5. The normalized spacial score (nSPS) is 10.9. The number of thioether (sulfide) groups is 1. The van der Waals surface area contributed by atoms with Crippen molar-refractivity contribution in [1.29, 1.82) is 0 Å². The van der Waals surface area contributed by atoms with Crippen LogP contribution in [0, 0.1) is 5.82 Å². The second-order valence-electron chi connectivity index (χ2n) is 4.63. The third-order valence-electron chi connectivity index (χ3n) is 2.99. The first-order chi connectivity index (χ1) is 11.1. The third kappa shape index (κ3) is 4.03. The molecular formula is C16H11ClFNO3S. The lowest BCUT2D eigenvalue weighted by atomic mass is 10.2. The minimum absolute atomic E-state index is 0.00787. The van der Waals surface area contributed by atoms with Gasteiger partial charge in [0, 0.05) is 5.56 Å². The Morgan fingerprint density at radius 2 is 2.13 bits per heavy atom. The highest BCUT2D eigenvalue weighted by Gasteiger charge is 2.11. The fourth-order valence-electron chi connectivity index (χ4n) is 1.87. The van der Waals surface area contributed by atoms with Crippen LogP contribution in [0.2, 0.25) is 5.02 Å². The lowest BCUT2D eigenvalue weighted by Crippen LogP contribution is -2.07. The zero-order valence-corrected chi connectivity index (χ0v) is 13.4. The summed E-state index contributed by atoms with van der Waals surface area (Å²) in [6.45, 7) is -0.00787. The predicted octanol–water partition coefficient (Wildman–Crippen LogP) is 4.46. The van der Waals surface area contributed by atoms with Gasteiger partial charge in [0.15, 0.2) is 5.58 Å². The van der Waals surface area contributed by atoms with Crippen LogP contribution in [-0.4, -0.2) is 16.7 Å². The minimum Gasteiger partial charge on any atom is -0.460 e. The van der Waals surface area contributed by atoms with Crippen LogP contribution in [0.5, 0.6) is 0 Å². The highest BCUT2D eigenvalue weighted by Crippen LogP contribution is 2.23. The molecule has 0 saturated carbocycles. The van der Waals surface area contributed by atoms with E-state index in [-0.39, 0.29) is 17.4 Å². The molecule has 0 amide bonds. The molecule has 3 aromatic rings. The number of fused-ring (bicyclic) bond motifs is 1. The molecule has 118 valence electrons. The maximum absolute atomic E-state index is 12.9. The summed E-state index contributed by atoms with van der Waals surface area (Å²) in [6.07, 6.45) is 0. The standard InChI is InChI=1S/C16H11ClFNO3S/c17-12-7-11(18)6-5-10(12)8-21-15(20)9-23-16-19-13-3-1-2-4-14(13)22-16/h1-7H,8-9H2. The third-order valence-corrected chi connectivity index (χ3v) is 4.14. The molecule has 2 aromatic carbocycles. The Bertz CT molecular complexity index is 819. The molecule has 0 aliphatic heterocycles. The first kappa shape index (κ1) is 15.8. The van der Waals surface area contributed by atoms with Crippen molar-refractivity contribution in [2.45, 2.75) is 11.8 Å². The number of nitrogens with zero attached hydrogens (tertiary/aromatic N) is 1. The topological polar surface area (TPSA) is 52.3 Å². The number of oxazole rings is 1. The number of ether oxygens (including phenoxy) is 1. The van der Waals surface area contributed by atoms with Crippen LogP contribution in [0.15, 0.2) is 52.1 Å². The molecule has 3 rings (SSSR count). The molecule has 0 radical (unpaired) electrons. The molecule has 0 atom stereocenters. The summed E-state index contributed by atoms with van der Waals surface area (Å²) in [5.74, 6) is -0.805. The second-order valence-corrected chi connectivity index (χ2v) is 5.97. The van der Waals surface area contributed by atoms with Crippen LogP contribution in [0.4, 0.5) is 4.39 Å². The summed E-state index contributed by atoms with van der Waals surface area (Å²) in [5.41, 5.74) is 1.95. The van der Waals surface area contributed by atoms with Gasteiger partial charge in [-0.05, 0) is 24.3 Å². The van der Waals surface area contributed by atoms with Gasteiger partial charge < -0.3 is 9.15 Å². The molecule has 1 heterocycles. The lowest BCUT2D eigenvalue weighted by Gasteiger charge is -2.05. The molecule has 0 saturated heterocycles. The van der Waals surface area contributed by atoms with Crippen molar-refractivity contribution >= 4 is 40.4 Å². The van der Waals surface area contributed by atoms with Crippen molar-refractivity contribution in [3.05, 3.63) is 58.9 Å². The van der Waals surface area contributed by atoms with Gasteiger partial charge in [0.1, 0.15) is 23.7 Å². The number of hydrogen-bond acceptors (Lipinski definition) is 5. The number of esters is 1. The SMILES string of the molecule is O=C(CSc1nc2ccccc2o1)OCc1ccc(F)cc1Cl. The van der Waals surface area contributed by atoms with E-state index >= 15 is 0 Å². The molecule has 0 aliphatic rings. The van der Waals surface area contributed by atoms with Gasteiger partial charge in [-0.25, -0.2) is 9.37 Å². The van der Waals surface area contributed by atoms with Gasteiger partial charge in [-0.15, -0.1) is 0 Å². The maximum Gasteiger partial charge on any atom is 0.316 e. The molecular weight excluding hydrogens is 341 g/mol. The number of para-hydroxylation sites is 2. The zero-order chi connectivity index (χ0) is 16.2. The number of benzene rings is 2. The highest BCUT2D eigenvalue weighted by atomic mass is 35.5. The first-order valence-corrected chi connectivity index (χ1v) is 8.06. The van der Waals surface area contributed by atoms with E-state index in [9.17, 15) is 9.18 Å². The van der Waals surface area contributed by atoms with E-state index in [0.717, 1.165) is 17.3 Å². The summed E-state index contributed by atoms with van der Waals surface area (Å²) in [5, 5.41) is 0.632. The Morgan fingerprint density at radius 1 is 1.30 bits per heavy atom. The molecule has 23 heavy (non-hydrogen) atoms. The van der Waals surface area contributed by atoms with Crippen LogP contribution in [0.3, 0.4) is 0 Å². The Hall–Kier alpha value is -2.05. The van der Waals surface area contributed by atoms with E-state index in [1.165, 1.54) is 18.2 Å². The van der Waals surface area contributed by atoms with Gasteiger partial charge in [-0.1, -0.05) is 41.6 Å². The zero-order valence-electron chi connectivity index (χ0n) is 11.8. The van der Waals surface area contributed by atoms with E-state index in [4.69, 9.17) is 20.8 Å². The monoisotopic (exact) mass is 351 g/mol. The number of carbonyl (C=O) groups excluding carboxylic acids is 1. The Morgan fingerprint density at radius 3 is 2.91 bits per heavy atom. The summed E-state index contributed by atoms with van der Waals surface area (Å²) >= 11 is 7.02. The van der Waals surface area contributed by atoms with E-state index < -0.39 is 11.8 Å². The summed E-state index contributed by atoms with van der Waals surface area (Å²) in [7, 11) is 0. The van der Waals surface area contributed by atoms with E-state index in [1.807, 2.05) is 18.2 Å². The fraction of sp³-hybridized carbons (Fsp3) is 0.125. The Kier molecular flexibility index (Phi) is 4.83. The van der Waals surface area contributed by atoms with E-state index in [1.54, 1.807) is 6.07 Å². The van der Waals surface area contributed by atoms with Gasteiger partial charge >= 0.3 is 5.97 Å². The number of halogens is 2. The molecule has 0 spiro atoms. The molecule has 0 N–H and O–H groups in total. The number of aromatic nitrogens is 1. The van der Waals surface area contributed by atoms with Gasteiger partial charge in [-0.2, -0.15) is 0 Å². The minimum atomic E-state index is -0.434. The second kappa shape index (κ2) is 7.02.